The predicted octanol–water partition coefficient (Wildman–Crippen LogP) is 1.29. The molecule has 8 nitrogen and oxygen atoms in total. The normalized spacial score (nSPS) is 14.8. The van der Waals surface area contributed by atoms with E-state index in [9.17, 15) is 18.0 Å². The molecule has 1 saturated heterocycles. The topological polar surface area (TPSA) is 101 Å². The third-order valence-corrected chi connectivity index (χ3v) is 4.97. The number of hydrogen-bond acceptors (Lipinski definition) is 6. The highest BCUT2D eigenvalue weighted by molar-refractivity contribution is 7.90. The Morgan fingerprint density at radius 1 is 1.12 bits per heavy atom. The van der Waals surface area contributed by atoms with Crippen LogP contribution in [-0.2, 0) is 9.84 Å². The molecular weight excluding hydrogens is 346 g/mol. The Morgan fingerprint density at radius 2 is 1.80 bits per heavy atom. The maximum atomic E-state index is 12.8. The maximum absolute atomic E-state index is 12.8. The van der Waals surface area contributed by atoms with Gasteiger partial charge in [-0.25, -0.2) is 18.4 Å². The molecule has 3 rings (SSSR count). The van der Waals surface area contributed by atoms with Gasteiger partial charge in [-0.3, -0.25) is 9.59 Å². The molecule has 1 aromatic carbocycles. The van der Waals surface area contributed by atoms with E-state index in [0.29, 0.717) is 25.3 Å². The summed E-state index contributed by atoms with van der Waals surface area (Å²) in [4.78, 5) is 25.4. The highest BCUT2D eigenvalue weighted by Crippen LogP contribution is 2.20. The molecule has 0 N–H and O–H groups in total. The number of hydrazine groups is 1. The van der Waals surface area contributed by atoms with Crippen LogP contribution in [0.2, 0.25) is 0 Å². The highest BCUT2D eigenvalue weighted by Gasteiger charge is 2.33. The molecule has 1 fully saturated rings. The molecule has 2 heterocycles. The van der Waals surface area contributed by atoms with Crippen molar-refractivity contribution in [2.75, 3.05) is 19.3 Å². The number of hydrogen-bond donors (Lipinski definition) is 0. The Balaban J connectivity index is 1.87. The molecule has 1 aromatic heterocycles. The number of rotatable bonds is 3. The Labute approximate surface area is 144 Å². The minimum atomic E-state index is -3.43. The molecule has 0 spiro atoms. The van der Waals surface area contributed by atoms with Crippen LogP contribution in [0.25, 0.3) is 0 Å². The zero-order valence-corrected chi connectivity index (χ0v) is 14.6. The summed E-state index contributed by atoms with van der Waals surface area (Å²) in [5, 5.41) is 6.32. The molecule has 0 unspecified atom stereocenters. The van der Waals surface area contributed by atoms with Gasteiger partial charge >= 0.3 is 0 Å². The minimum Gasteiger partial charge on any atom is -0.361 e. The molecule has 0 radical (unpaired) electrons. The number of nitrogens with zero attached hydrogens (tertiary/aromatic N) is 3. The zero-order valence-electron chi connectivity index (χ0n) is 13.8. The summed E-state index contributed by atoms with van der Waals surface area (Å²) in [6.07, 6.45) is 1.70. The highest BCUT2D eigenvalue weighted by atomic mass is 32.2. The van der Waals surface area contributed by atoms with E-state index in [4.69, 9.17) is 4.52 Å². The van der Waals surface area contributed by atoms with E-state index >= 15 is 0 Å². The van der Waals surface area contributed by atoms with Gasteiger partial charge in [0, 0.05) is 31.0 Å². The van der Waals surface area contributed by atoms with Crippen molar-refractivity contribution in [2.45, 2.75) is 18.2 Å². The Bertz CT molecular complexity index is 935. The van der Waals surface area contributed by atoms with Gasteiger partial charge in [0.1, 0.15) is 5.76 Å². The number of aromatic nitrogens is 1. The molecule has 132 valence electrons. The van der Waals surface area contributed by atoms with Gasteiger partial charge in [-0.2, -0.15) is 0 Å². The van der Waals surface area contributed by atoms with Crippen LogP contribution in [0.1, 0.15) is 33.0 Å². The summed E-state index contributed by atoms with van der Waals surface area (Å²) in [7, 11) is -3.43. The quantitative estimate of drug-likeness (QED) is 0.814. The molecule has 9 heteroatoms. The lowest BCUT2D eigenvalue weighted by Gasteiger charge is -2.27. The van der Waals surface area contributed by atoms with Crippen molar-refractivity contribution < 1.29 is 22.5 Å². The van der Waals surface area contributed by atoms with Crippen molar-refractivity contribution >= 4 is 21.7 Å². The van der Waals surface area contributed by atoms with Crippen molar-refractivity contribution in [3.8, 4) is 0 Å². The van der Waals surface area contributed by atoms with Gasteiger partial charge in [0.15, 0.2) is 15.5 Å². The van der Waals surface area contributed by atoms with E-state index in [1.165, 1.54) is 40.3 Å². The van der Waals surface area contributed by atoms with E-state index in [0.717, 1.165) is 6.26 Å². The van der Waals surface area contributed by atoms with Crippen LogP contribution in [0, 0.1) is 6.92 Å². The first-order valence-electron chi connectivity index (χ1n) is 7.64. The second-order valence-electron chi connectivity index (χ2n) is 5.83. The van der Waals surface area contributed by atoms with Gasteiger partial charge in [-0.05, 0) is 31.5 Å². The number of carbonyl (C=O) groups excluding carboxylic acids is 2. The van der Waals surface area contributed by atoms with Crippen molar-refractivity contribution in [1.29, 1.82) is 0 Å². The Morgan fingerprint density at radius 3 is 2.40 bits per heavy atom. The molecule has 1 aliphatic rings. The summed E-state index contributed by atoms with van der Waals surface area (Å²) in [6, 6.07) is 7.29. The predicted molar refractivity (Wildman–Crippen MR) is 87.5 cm³/mol. The molecule has 25 heavy (non-hydrogen) atoms. The molecular formula is C16H17N3O5S. The summed E-state index contributed by atoms with van der Waals surface area (Å²) in [6.45, 7) is 2.42. The van der Waals surface area contributed by atoms with Gasteiger partial charge in [-0.15, -0.1) is 0 Å². The van der Waals surface area contributed by atoms with Crippen LogP contribution >= 0.6 is 0 Å². The SMILES string of the molecule is Cc1cc(C(=O)N2CCCN2C(=O)c2cccc(S(C)(=O)=O)c2)no1. The summed E-state index contributed by atoms with van der Waals surface area (Å²) < 4.78 is 28.3. The largest absolute Gasteiger partial charge is 0.361 e. The maximum Gasteiger partial charge on any atom is 0.294 e. The molecule has 0 aliphatic carbocycles. The fourth-order valence-electron chi connectivity index (χ4n) is 2.64. The number of aryl methyl sites for hydroxylation is 1. The first-order valence-corrected chi connectivity index (χ1v) is 9.53. The molecule has 1 aliphatic heterocycles. The van der Waals surface area contributed by atoms with Crippen LogP contribution in [0.3, 0.4) is 0 Å². The van der Waals surface area contributed by atoms with Gasteiger partial charge in [-0.1, -0.05) is 11.2 Å². The third-order valence-electron chi connectivity index (χ3n) is 3.86. The molecule has 0 atom stereocenters. The van der Waals surface area contributed by atoms with E-state index in [1.807, 2.05) is 0 Å². The van der Waals surface area contributed by atoms with Crippen LogP contribution in [-0.4, -0.2) is 54.8 Å². The number of carbonyl (C=O) groups is 2. The average molecular weight is 363 g/mol. The van der Waals surface area contributed by atoms with Crippen molar-refractivity contribution in [3.05, 3.63) is 47.3 Å². The van der Waals surface area contributed by atoms with Gasteiger partial charge in [0.05, 0.1) is 4.90 Å². The van der Waals surface area contributed by atoms with Crippen LogP contribution in [0.4, 0.5) is 0 Å². The molecule has 2 aromatic rings. The first-order chi connectivity index (χ1) is 11.8. The van der Waals surface area contributed by atoms with Crippen LogP contribution in [0.5, 0.6) is 0 Å². The molecule has 0 saturated carbocycles. The summed E-state index contributed by atoms with van der Waals surface area (Å²) in [5.74, 6) is -0.361. The van der Waals surface area contributed by atoms with Crippen molar-refractivity contribution in [3.63, 3.8) is 0 Å². The van der Waals surface area contributed by atoms with Gasteiger partial charge in [0.25, 0.3) is 11.8 Å². The standard InChI is InChI=1S/C16H17N3O5S/c1-11-9-14(17-24-11)16(21)19-8-4-7-18(19)15(20)12-5-3-6-13(10-12)25(2,22)23/h3,5-6,9-10H,4,7-8H2,1-2H3. The fourth-order valence-corrected chi connectivity index (χ4v) is 3.31. The monoisotopic (exact) mass is 363 g/mol. The lowest BCUT2D eigenvalue weighted by molar-refractivity contribution is 0.0179. The third kappa shape index (κ3) is 3.41. The molecule has 2 amide bonds. The average Bonchev–Trinajstić information content (AvgIpc) is 3.22. The van der Waals surface area contributed by atoms with Gasteiger partial charge < -0.3 is 4.52 Å². The van der Waals surface area contributed by atoms with Crippen LogP contribution in [0.15, 0.2) is 39.8 Å². The summed E-state index contributed by atoms with van der Waals surface area (Å²) in [5.41, 5.74) is 0.334. The van der Waals surface area contributed by atoms with E-state index < -0.39 is 21.7 Å². The lowest BCUT2D eigenvalue weighted by atomic mass is 10.2. The Hall–Kier alpha value is -2.68. The van der Waals surface area contributed by atoms with Gasteiger partial charge in [0.2, 0.25) is 0 Å². The Kier molecular flexibility index (Phi) is 4.34. The number of sulfone groups is 1. The second-order valence-corrected chi connectivity index (χ2v) is 7.85. The number of benzene rings is 1. The molecule has 0 bridgehead atoms. The van der Waals surface area contributed by atoms with Crippen molar-refractivity contribution in [2.24, 2.45) is 0 Å². The van der Waals surface area contributed by atoms with E-state index in [2.05, 4.69) is 5.16 Å². The minimum absolute atomic E-state index is 0.0579. The van der Waals surface area contributed by atoms with E-state index in [1.54, 1.807) is 6.92 Å². The second kappa shape index (κ2) is 6.32. The number of amides is 2. The first kappa shape index (κ1) is 17.2. The zero-order chi connectivity index (χ0) is 18.2. The smallest absolute Gasteiger partial charge is 0.294 e. The van der Waals surface area contributed by atoms with E-state index in [-0.39, 0.29) is 16.2 Å². The van der Waals surface area contributed by atoms with Crippen LogP contribution < -0.4 is 0 Å². The fraction of sp³-hybridized carbons (Fsp3) is 0.312. The lowest BCUT2D eigenvalue weighted by Crippen LogP contribution is -2.45. The van der Waals surface area contributed by atoms with Crippen molar-refractivity contribution in [1.82, 2.24) is 15.2 Å². The summed E-state index contributed by atoms with van der Waals surface area (Å²) >= 11 is 0.